The van der Waals surface area contributed by atoms with Crippen LogP contribution in [0.5, 0.6) is 0 Å². The normalized spacial score (nSPS) is 22.9. The maximum atomic E-state index is 13.4. The minimum absolute atomic E-state index is 0.0219. The summed E-state index contributed by atoms with van der Waals surface area (Å²) in [5, 5.41) is 11.7. The molecule has 4 aromatic rings. The lowest BCUT2D eigenvalue weighted by Gasteiger charge is -2.05. The fourth-order valence-electron chi connectivity index (χ4n) is 4.16. The number of thiazole rings is 1. The highest BCUT2D eigenvalue weighted by atomic mass is 35.5. The van der Waals surface area contributed by atoms with Crippen molar-refractivity contribution in [3.05, 3.63) is 100 Å². The summed E-state index contributed by atoms with van der Waals surface area (Å²) in [5.74, 6) is -0.749. The van der Waals surface area contributed by atoms with Crippen LogP contribution in [-0.2, 0) is 5.41 Å². The summed E-state index contributed by atoms with van der Waals surface area (Å²) < 4.78 is 1.02. The van der Waals surface area contributed by atoms with Gasteiger partial charge in [-0.15, -0.1) is 11.3 Å². The monoisotopic (exact) mass is 414 g/mol. The molecule has 1 aromatic heterocycles. The average molecular weight is 415 g/mol. The maximum Gasteiger partial charge on any atom is 0.168 e. The van der Waals surface area contributed by atoms with Gasteiger partial charge in [0.2, 0.25) is 0 Å². The molecule has 0 unspecified atom stereocenters. The van der Waals surface area contributed by atoms with Crippen LogP contribution in [0.1, 0.15) is 26.8 Å². The van der Waals surface area contributed by atoms with E-state index in [1.54, 1.807) is 24.3 Å². The predicted molar refractivity (Wildman–Crippen MR) is 115 cm³/mol. The zero-order valence-corrected chi connectivity index (χ0v) is 16.8. The number of nitriles is 1. The number of hydrogen-bond donors (Lipinski definition) is 0. The molecule has 0 radical (unpaired) electrons. The van der Waals surface area contributed by atoms with Crippen LogP contribution in [0, 0.1) is 17.2 Å². The third-order valence-corrected chi connectivity index (χ3v) is 7.05. The lowest BCUT2D eigenvalue weighted by atomic mass is 9.99. The number of ketones is 1. The third-order valence-electron chi connectivity index (χ3n) is 5.61. The Morgan fingerprint density at radius 3 is 2.38 bits per heavy atom. The van der Waals surface area contributed by atoms with Gasteiger partial charge in [-0.2, -0.15) is 5.26 Å². The number of aromatic nitrogens is 1. The van der Waals surface area contributed by atoms with Crippen LogP contribution in [0.4, 0.5) is 0 Å². The molecule has 0 saturated heterocycles. The van der Waals surface area contributed by atoms with Gasteiger partial charge in [0.15, 0.2) is 5.78 Å². The minimum atomic E-state index is -0.968. The molecule has 3 aromatic carbocycles. The van der Waals surface area contributed by atoms with Gasteiger partial charge in [-0.1, -0.05) is 66.2 Å². The van der Waals surface area contributed by atoms with Crippen molar-refractivity contribution in [1.82, 2.24) is 4.98 Å². The van der Waals surface area contributed by atoms with Crippen molar-refractivity contribution < 1.29 is 4.79 Å². The van der Waals surface area contributed by atoms with Crippen LogP contribution in [0.2, 0.25) is 5.02 Å². The number of Topliss-reactive ketones (excluding diaryl/α,β-unsaturated/α-hetero) is 1. The third kappa shape index (κ3) is 2.78. The molecule has 0 spiro atoms. The number of carbonyl (C=O) groups is 1. The number of carbonyl (C=O) groups excluding carboxylic acids is 1. The molecule has 1 aliphatic carbocycles. The van der Waals surface area contributed by atoms with Gasteiger partial charge in [0, 0.05) is 16.5 Å². The van der Waals surface area contributed by atoms with E-state index < -0.39 is 11.3 Å². The molecule has 5 heteroatoms. The van der Waals surface area contributed by atoms with E-state index in [9.17, 15) is 10.1 Å². The van der Waals surface area contributed by atoms with Crippen molar-refractivity contribution in [2.75, 3.05) is 0 Å². The van der Waals surface area contributed by atoms with Crippen molar-refractivity contribution in [2.24, 2.45) is 5.92 Å². The number of benzene rings is 3. The summed E-state index contributed by atoms with van der Waals surface area (Å²) in [6.07, 6.45) is 0. The number of para-hydroxylation sites is 1. The number of hydrogen-bond acceptors (Lipinski definition) is 4. The Morgan fingerprint density at radius 2 is 1.69 bits per heavy atom. The summed E-state index contributed by atoms with van der Waals surface area (Å²) in [5.41, 5.74) is 1.44. The molecule has 5 rings (SSSR count). The Bertz CT molecular complexity index is 1230. The van der Waals surface area contributed by atoms with Gasteiger partial charge in [0.25, 0.3) is 0 Å². The van der Waals surface area contributed by atoms with Crippen molar-refractivity contribution in [3.8, 4) is 6.07 Å². The summed E-state index contributed by atoms with van der Waals surface area (Å²) in [7, 11) is 0. The second-order valence-corrected chi connectivity index (χ2v) is 8.67. The lowest BCUT2D eigenvalue weighted by Crippen LogP contribution is -2.13. The first-order chi connectivity index (χ1) is 14.1. The highest BCUT2D eigenvalue weighted by Gasteiger charge is 2.72. The second-order valence-electron chi connectivity index (χ2n) is 7.20. The van der Waals surface area contributed by atoms with Crippen LogP contribution >= 0.6 is 22.9 Å². The van der Waals surface area contributed by atoms with E-state index in [1.165, 1.54) is 11.3 Å². The Kier molecular flexibility index (Phi) is 4.24. The van der Waals surface area contributed by atoms with Gasteiger partial charge < -0.3 is 0 Å². The molecular weight excluding hydrogens is 400 g/mol. The van der Waals surface area contributed by atoms with Crippen molar-refractivity contribution >= 4 is 38.9 Å². The standard InChI is InChI=1S/C24H15ClN2OS/c25-17-12-10-15(11-13-17)20-21(22(28)16-6-2-1-3-7-16)24(20,14-26)23-27-18-8-4-5-9-19(18)29-23/h1-13,20-21H/t20-,21+,24+/m1/s1. The van der Waals surface area contributed by atoms with Crippen LogP contribution < -0.4 is 0 Å². The molecule has 0 bridgehead atoms. The van der Waals surface area contributed by atoms with Gasteiger partial charge in [-0.3, -0.25) is 4.79 Å². The van der Waals surface area contributed by atoms with Gasteiger partial charge in [0.1, 0.15) is 10.4 Å². The molecule has 0 amide bonds. The SMILES string of the molecule is N#C[C@@]1(c2nc3ccccc3s2)[C@H](C(=O)c2ccccc2)[C@H]1c1ccc(Cl)cc1. The molecule has 3 atom stereocenters. The summed E-state index contributed by atoms with van der Waals surface area (Å²) in [6, 6.07) is 26.9. The van der Waals surface area contributed by atoms with Gasteiger partial charge in [-0.25, -0.2) is 4.98 Å². The topological polar surface area (TPSA) is 53.8 Å². The second kappa shape index (κ2) is 6.81. The van der Waals surface area contributed by atoms with E-state index in [4.69, 9.17) is 16.6 Å². The number of nitrogens with zero attached hydrogens (tertiary/aromatic N) is 2. The molecule has 1 saturated carbocycles. The van der Waals surface area contributed by atoms with Crippen LogP contribution in [0.3, 0.4) is 0 Å². The summed E-state index contributed by atoms with van der Waals surface area (Å²) in [4.78, 5) is 18.2. The predicted octanol–water partition coefficient (Wildman–Crippen LogP) is 6.01. The van der Waals surface area contributed by atoms with Gasteiger partial charge in [0.05, 0.1) is 22.2 Å². The fraction of sp³-hybridized carbons (Fsp3) is 0.125. The van der Waals surface area contributed by atoms with Crippen LogP contribution in [0.25, 0.3) is 10.2 Å². The number of fused-ring (bicyclic) bond motifs is 1. The quantitative estimate of drug-likeness (QED) is 0.384. The molecule has 1 aliphatic rings. The maximum absolute atomic E-state index is 13.4. The molecule has 140 valence electrons. The van der Waals surface area contributed by atoms with Crippen LogP contribution in [-0.4, -0.2) is 10.8 Å². The highest BCUT2D eigenvalue weighted by Crippen LogP contribution is 2.67. The Balaban J connectivity index is 1.66. The van der Waals surface area contributed by atoms with E-state index in [1.807, 2.05) is 54.6 Å². The van der Waals surface area contributed by atoms with Crippen molar-refractivity contribution in [2.45, 2.75) is 11.3 Å². The first-order valence-corrected chi connectivity index (χ1v) is 10.5. The van der Waals surface area contributed by atoms with E-state index >= 15 is 0 Å². The molecule has 0 aliphatic heterocycles. The summed E-state index contributed by atoms with van der Waals surface area (Å²) >= 11 is 7.56. The van der Waals surface area contributed by atoms with E-state index in [-0.39, 0.29) is 11.7 Å². The molecule has 3 nitrogen and oxygen atoms in total. The summed E-state index contributed by atoms with van der Waals surface area (Å²) in [6.45, 7) is 0. The molecular formula is C24H15ClN2OS. The largest absolute Gasteiger partial charge is 0.294 e. The smallest absolute Gasteiger partial charge is 0.168 e. The van der Waals surface area contributed by atoms with E-state index in [0.717, 1.165) is 15.8 Å². The van der Waals surface area contributed by atoms with Gasteiger partial charge in [-0.05, 0) is 29.8 Å². The first-order valence-electron chi connectivity index (χ1n) is 9.27. The number of halogens is 1. The van der Waals surface area contributed by atoms with E-state index in [2.05, 4.69) is 6.07 Å². The lowest BCUT2D eigenvalue weighted by molar-refractivity contribution is 0.0959. The Labute approximate surface area is 177 Å². The van der Waals surface area contributed by atoms with Crippen molar-refractivity contribution in [1.29, 1.82) is 5.26 Å². The van der Waals surface area contributed by atoms with Crippen molar-refractivity contribution in [3.63, 3.8) is 0 Å². The minimum Gasteiger partial charge on any atom is -0.294 e. The highest BCUT2D eigenvalue weighted by molar-refractivity contribution is 7.18. The Morgan fingerprint density at radius 1 is 1.00 bits per heavy atom. The fourth-order valence-corrected chi connectivity index (χ4v) is 5.47. The zero-order valence-electron chi connectivity index (χ0n) is 15.2. The Hall–Kier alpha value is -3.00. The molecule has 29 heavy (non-hydrogen) atoms. The van der Waals surface area contributed by atoms with Crippen LogP contribution in [0.15, 0.2) is 78.9 Å². The molecule has 1 heterocycles. The molecule has 1 fully saturated rings. The average Bonchev–Trinajstić information content (AvgIpc) is 3.25. The zero-order chi connectivity index (χ0) is 20.0. The first kappa shape index (κ1) is 18.1. The van der Waals surface area contributed by atoms with Gasteiger partial charge >= 0.3 is 0 Å². The molecule has 0 N–H and O–H groups in total. The van der Waals surface area contributed by atoms with E-state index in [0.29, 0.717) is 15.6 Å². The number of rotatable bonds is 4.